The second-order valence-corrected chi connectivity index (χ2v) is 5.62. The first-order valence-corrected chi connectivity index (χ1v) is 6.81. The van der Waals surface area contributed by atoms with Gasteiger partial charge in [-0.2, -0.15) is 0 Å². The van der Waals surface area contributed by atoms with Crippen LogP contribution < -0.4 is 0 Å². The molecule has 0 radical (unpaired) electrons. The summed E-state index contributed by atoms with van der Waals surface area (Å²) in [6, 6.07) is 1.01. The lowest BCUT2D eigenvalue weighted by Gasteiger charge is -2.40. The molecule has 1 saturated carbocycles. The van der Waals surface area contributed by atoms with Crippen LogP contribution in [0, 0.1) is 0 Å². The van der Waals surface area contributed by atoms with Gasteiger partial charge in [-0.15, -0.1) is 0 Å². The Balaban J connectivity index is 2.00. The second-order valence-electron chi connectivity index (χ2n) is 5.62. The van der Waals surface area contributed by atoms with Gasteiger partial charge < -0.3 is 10.0 Å². The zero-order valence-corrected chi connectivity index (χ0v) is 10.7. The molecule has 16 heavy (non-hydrogen) atoms. The largest absolute Gasteiger partial charge is 0.391 e. The van der Waals surface area contributed by atoms with Crippen LogP contribution >= 0.6 is 0 Å². The maximum Gasteiger partial charge on any atom is 0.0695 e. The molecule has 1 aliphatic heterocycles. The normalized spacial score (nSPS) is 39.6. The van der Waals surface area contributed by atoms with Crippen molar-refractivity contribution in [1.29, 1.82) is 0 Å². The van der Waals surface area contributed by atoms with E-state index in [0.717, 1.165) is 19.5 Å². The van der Waals surface area contributed by atoms with Crippen LogP contribution in [0.15, 0.2) is 0 Å². The van der Waals surface area contributed by atoms with Gasteiger partial charge in [-0.3, -0.25) is 4.90 Å². The Bertz CT molecular complexity index is 222. The number of aliphatic hydroxyl groups is 1. The summed E-state index contributed by atoms with van der Waals surface area (Å²) in [5.74, 6) is 0. The predicted molar refractivity (Wildman–Crippen MR) is 66.5 cm³/mol. The summed E-state index contributed by atoms with van der Waals surface area (Å²) in [7, 11) is 2.21. The minimum Gasteiger partial charge on any atom is -0.391 e. The third-order valence-corrected chi connectivity index (χ3v) is 4.22. The molecule has 1 heterocycles. The van der Waals surface area contributed by atoms with Crippen molar-refractivity contribution in [3.05, 3.63) is 0 Å². The monoisotopic (exact) mass is 226 g/mol. The van der Waals surface area contributed by atoms with E-state index in [1.807, 2.05) is 0 Å². The molecular formula is C13H26N2O. The fourth-order valence-electron chi connectivity index (χ4n) is 3.36. The van der Waals surface area contributed by atoms with Gasteiger partial charge in [-0.25, -0.2) is 0 Å². The van der Waals surface area contributed by atoms with Crippen LogP contribution in [0.5, 0.6) is 0 Å². The van der Waals surface area contributed by atoms with Crippen LogP contribution in [0.2, 0.25) is 0 Å². The van der Waals surface area contributed by atoms with E-state index in [1.165, 1.54) is 32.2 Å². The molecule has 1 unspecified atom stereocenters. The lowest BCUT2D eigenvalue weighted by Crippen LogP contribution is -2.51. The summed E-state index contributed by atoms with van der Waals surface area (Å²) in [6.07, 6.45) is 5.85. The van der Waals surface area contributed by atoms with Gasteiger partial charge in [0.2, 0.25) is 0 Å². The first-order chi connectivity index (χ1) is 7.68. The Morgan fingerprint density at radius 3 is 2.56 bits per heavy atom. The molecule has 3 heteroatoms. The molecule has 2 rings (SSSR count). The maximum atomic E-state index is 10.1. The highest BCUT2D eigenvalue weighted by molar-refractivity contribution is 4.88. The molecular weight excluding hydrogens is 200 g/mol. The zero-order chi connectivity index (χ0) is 11.5. The number of nitrogens with zero attached hydrogens (tertiary/aromatic N) is 2. The van der Waals surface area contributed by atoms with Gasteiger partial charge in [-0.1, -0.05) is 12.8 Å². The number of hydrogen-bond acceptors (Lipinski definition) is 3. The highest BCUT2D eigenvalue weighted by Crippen LogP contribution is 2.26. The predicted octanol–water partition coefficient (Wildman–Crippen LogP) is 1.32. The highest BCUT2D eigenvalue weighted by atomic mass is 16.3. The molecule has 2 fully saturated rings. The van der Waals surface area contributed by atoms with E-state index in [0.29, 0.717) is 12.1 Å². The molecule has 2 aliphatic rings. The topological polar surface area (TPSA) is 26.7 Å². The van der Waals surface area contributed by atoms with Crippen molar-refractivity contribution in [3.8, 4) is 0 Å². The molecule has 0 bridgehead atoms. The third kappa shape index (κ3) is 2.76. The van der Waals surface area contributed by atoms with Crippen molar-refractivity contribution in [1.82, 2.24) is 9.80 Å². The number of hydrogen-bond donors (Lipinski definition) is 1. The van der Waals surface area contributed by atoms with Gasteiger partial charge in [-0.05, 0) is 39.8 Å². The van der Waals surface area contributed by atoms with E-state index >= 15 is 0 Å². The molecule has 3 nitrogen and oxygen atoms in total. The Kier molecular flexibility index (Phi) is 4.22. The van der Waals surface area contributed by atoms with Gasteiger partial charge >= 0.3 is 0 Å². The number of rotatable bonds is 1. The molecule has 1 N–H and O–H groups in total. The van der Waals surface area contributed by atoms with E-state index in [2.05, 4.69) is 23.8 Å². The minimum absolute atomic E-state index is 0.0837. The average molecular weight is 226 g/mol. The van der Waals surface area contributed by atoms with Crippen molar-refractivity contribution in [2.45, 2.75) is 57.2 Å². The van der Waals surface area contributed by atoms with Crippen LogP contribution in [0.3, 0.4) is 0 Å². The Morgan fingerprint density at radius 2 is 1.81 bits per heavy atom. The minimum atomic E-state index is -0.0837. The fraction of sp³-hybridized carbons (Fsp3) is 1.00. The molecule has 0 aromatic heterocycles. The summed E-state index contributed by atoms with van der Waals surface area (Å²) in [4.78, 5) is 4.98. The molecule has 0 aromatic carbocycles. The van der Waals surface area contributed by atoms with E-state index in [9.17, 15) is 5.11 Å². The molecule has 94 valence electrons. The Hall–Kier alpha value is -0.120. The zero-order valence-electron chi connectivity index (χ0n) is 10.7. The van der Waals surface area contributed by atoms with Crippen molar-refractivity contribution in [3.63, 3.8) is 0 Å². The van der Waals surface area contributed by atoms with Crippen LogP contribution in [0.4, 0.5) is 0 Å². The van der Waals surface area contributed by atoms with E-state index in [4.69, 9.17) is 0 Å². The van der Waals surface area contributed by atoms with Gasteiger partial charge in [0.15, 0.2) is 0 Å². The van der Waals surface area contributed by atoms with Gasteiger partial charge in [0.25, 0.3) is 0 Å². The number of aliphatic hydroxyl groups excluding tert-OH is 1. The molecule has 1 aliphatic carbocycles. The van der Waals surface area contributed by atoms with Gasteiger partial charge in [0.05, 0.1) is 6.10 Å². The van der Waals surface area contributed by atoms with Crippen molar-refractivity contribution >= 4 is 0 Å². The van der Waals surface area contributed by atoms with Crippen molar-refractivity contribution in [2.24, 2.45) is 0 Å². The summed E-state index contributed by atoms with van der Waals surface area (Å²) >= 11 is 0. The SMILES string of the molecule is CC1CN(C)CCCN1[C@H]1CCCC[C@@H]1O. The summed E-state index contributed by atoms with van der Waals surface area (Å²) in [5.41, 5.74) is 0. The first kappa shape index (κ1) is 12.3. The third-order valence-electron chi connectivity index (χ3n) is 4.22. The van der Waals surface area contributed by atoms with Crippen LogP contribution in [-0.2, 0) is 0 Å². The lowest BCUT2D eigenvalue weighted by atomic mass is 9.90. The molecule has 1 saturated heterocycles. The summed E-state index contributed by atoms with van der Waals surface area (Å²) in [6.45, 7) is 5.81. The summed E-state index contributed by atoms with van der Waals surface area (Å²) < 4.78 is 0. The number of likely N-dealkylation sites (N-methyl/N-ethyl adjacent to an activating group) is 1. The van der Waals surface area contributed by atoms with Crippen LogP contribution in [0.1, 0.15) is 39.0 Å². The quantitative estimate of drug-likeness (QED) is 0.730. The van der Waals surface area contributed by atoms with Gasteiger partial charge in [0.1, 0.15) is 0 Å². The smallest absolute Gasteiger partial charge is 0.0695 e. The molecule has 0 amide bonds. The van der Waals surface area contributed by atoms with Crippen molar-refractivity contribution in [2.75, 3.05) is 26.7 Å². The summed E-state index contributed by atoms with van der Waals surface area (Å²) in [5, 5.41) is 10.1. The Morgan fingerprint density at radius 1 is 1.06 bits per heavy atom. The van der Waals surface area contributed by atoms with Crippen LogP contribution in [-0.4, -0.2) is 59.8 Å². The highest BCUT2D eigenvalue weighted by Gasteiger charge is 2.32. The van der Waals surface area contributed by atoms with Crippen molar-refractivity contribution < 1.29 is 5.11 Å². The van der Waals surface area contributed by atoms with E-state index in [1.54, 1.807) is 0 Å². The Labute approximate surface area is 99.4 Å². The first-order valence-electron chi connectivity index (χ1n) is 6.81. The van der Waals surface area contributed by atoms with Gasteiger partial charge in [0, 0.05) is 25.2 Å². The fourth-order valence-corrected chi connectivity index (χ4v) is 3.36. The lowest BCUT2D eigenvalue weighted by molar-refractivity contribution is 0.00323. The van der Waals surface area contributed by atoms with Crippen LogP contribution in [0.25, 0.3) is 0 Å². The average Bonchev–Trinajstić information content (AvgIpc) is 2.40. The molecule has 3 atom stereocenters. The van der Waals surface area contributed by atoms with E-state index in [-0.39, 0.29) is 6.10 Å². The van der Waals surface area contributed by atoms with E-state index < -0.39 is 0 Å². The molecule has 0 aromatic rings. The molecule has 0 spiro atoms. The maximum absolute atomic E-state index is 10.1. The second kappa shape index (κ2) is 5.48. The standard InChI is InChI=1S/C13H26N2O/c1-11-10-14(2)8-5-9-15(11)12-6-3-4-7-13(12)16/h11-13,16H,3-10H2,1-2H3/t11?,12-,13-/m0/s1.